The second-order valence-electron chi connectivity index (χ2n) is 5.20. The van der Waals surface area contributed by atoms with Crippen LogP contribution in [0.4, 0.5) is 0 Å². The highest BCUT2D eigenvalue weighted by atomic mass is 35.6. The summed E-state index contributed by atoms with van der Waals surface area (Å²) in [6.45, 7) is 2.37. The first-order valence-corrected chi connectivity index (χ1v) is 9.01. The fourth-order valence-electron chi connectivity index (χ4n) is 2.22. The number of rotatable bonds is 4. The second-order valence-corrected chi connectivity index (χ2v) is 7.95. The molecule has 1 saturated heterocycles. The quantitative estimate of drug-likeness (QED) is 0.438. The van der Waals surface area contributed by atoms with Gasteiger partial charge in [-0.1, -0.05) is 46.9 Å². The van der Waals surface area contributed by atoms with Gasteiger partial charge in [-0.15, -0.1) is 0 Å². The Morgan fingerprint density at radius 3 is 2.52 bits per heavy atom. The van der Waals surface area contributed by atoms with E-state index in [0.29, 0.717) is 42.7 Å². The number of benzene rings is 1. The average molecular weight is 427 g/mol. The highest BCUT2D eigenvalue weighted by molar-refractivity contribution is 7.80. The van der Waals surface area contributed by atoms with E-state index in [1.165, 1.54) is 7.11 Å². The van der Waals surface area contributed by atoms with Crippen LogP contribution in [0.1, 0.15) is 10.4 Å². The molecule has 1 atom stereocenters. The SMILES string of the molecule is COc1ccccc1C(=O)N[C@H](NC(=S)N1CCOCC1)C(Cl)(Cl)Cl. The number of alkyl halides is 3. The number of amides is 1. The lowest BCUT2D eigenvalue weighted by Gasteiger charge is -2.34. The summed E-state index contributed by atoms with van der Waals surface area (Å²) >= 11 is 23.4. The Morgan fingerprint density at radius 2 is 1.92 bits per heavy atom. The zero-order valence-electron chi connectivity index (χ0n) is 13.4. The average Bonchev–Trinajstić information content (AvgIpc) is 2.60. The number of nitrogens with zero attached hydrogens (tertiary/aromatic N) is 1. The van der Waals surface area contributed by atoms with Gasteiger partial charge in [0.25, 0.3) is 5.91 Å². The van der Waals surface area contributed by atoms with Crippen LogP contribution < -0.4 is 15.4 Å². The first kappa shape index (κ1) is 20.3. The fraction of sp³-hybridized carbons (Fsp3) is 0.467. The van der Waals surface area contributed by atoms with Gasteiger partial charge in [-0.05, 0) is 24.4 Å². The number of methoxy groups -OCH3 is 1. The maximum Gasteiger partial charge on any atom is 0.256 e. The van der Waals surface area contributed by atoms with Gasteiger partial charge in [0, 0.05) is 13.1 Å². The molecule has 1 heterocycles. The lowest BCUT2D eigenvalue weighted by molar-refractivity contribution is 0.0671. The van der Waals surface area contributed by atoms with Gasteiger partial charge >= 0.3 is 0 Å². The van der Waals surface area contributed by atoms with E-state index in [9.17, 15) is 4.79 Å². The van der Waals surface area contributed by atoms with Gasteiger partial charge in [0.2, 0.25) is 3.79 Å². The molecule has 0 radical (unpaired) electrons. The summed E-state index contributed by atoms with van der Waals surface area (Å²) in [5, 5.41) is 5.92. The van der Waals surface area contributed by atoms with Crippen molar-refractivity contribution in [3.8, 4) is 5.75 Å². The zero-order valence-corrected chi connectivity index (χ0v) is 16.5. The minimum Gasteiger partial charge on any atom is -0.496 e. The van der Waals surface area contributed by atoms with E-state index in [4.69, 9.17) is 56.5 Å². The Labute approximate surface area is 166 Å². The van der Waals surface area contributed by atoms with Gasteiger partial charge in [-0.2, -0.15) is 0 Å². The standard InChI is InChI=1S/C15H18Cl3N3O3S/c1-23-11-5-3-2-4-10(11)12(22)19-13(15(16,17)18)20-14(25)21-6-8-24-9-7-21/h2-5,13H,6-9H2,1H3,(H,19,22)(H,20,25)/t13-/m1/s1. The third-order valence-electron chi connectivity index (χ3n) is 3.52. The summed E-state index contributed by atoms with van der Waals surface area (Å²) in [4.78, 5) is 14.4. The summed E-state index contributed by atoms with van der Waals surface area (Å²) in [5.74, 6) is -0.0372. The van der Waals surface area contributed by atoms with Crippen molar-refractivity contribution in [2.45, 2.75) is 9.96 Å². The molecule has 2 rings (SSSR count). The molecular weight excluding hydrogens is 409 g/mol. The van der Waals surface area contributed by atoms with Gasteiger partial charge < -0.3 is 25.0 Å². The Morgan fingerprint density at radius 1 is 1.28 bits per heavy atom. The molecule has 0 aromatic heterocycles. The van der Waals surface area contributed by atoms with E-state index in [0.717, 1.165) is 0 Å². The molecule has 0 unspecified atom stereocenters. The Kier molecular flexibility index (Phi) is 7.39. The van der Waals surface area contributed by atoms with E-state index in [-0.39, 0.29) is 0 Å². The normalized spacial score (nSPS) is 16.1. The van der Waals surface area contributed by atoms with Crippen molar-refractivity contribution in [3.63, 3.8) is 0 Å². The number of hydrogen-bond donors (Lipinski definition) is 2. The number of para-hydroxylation sites is 1. The van der Waals surface area contributed by atoms with Crippen molar-refractivity contribution in [2.75, 3.05) is 33.4 Å². The topological polar surface area (TPSA) is 62.8 Å². The van der Waals surface area contributed by atoms with Crippen LogP contribution >= 0.6 is 47.0 Å². The number of nitrogens with one attached hydrogen (secondary N) is 2. The number of carbonyl (C=O) groups excluding carboxylic acids is 1. The Bertz CT molecular complexity index is 622. The van der Waals surface area contributed by atoms with Crippen LogP contribution in [-0.4, -0.2) is 59.3 Å². The molecule has 6 nitrogen and oxygen atoms in total. The van der Waals surface area contributed by atoms with E-state index in [2.05, 4.69) is 10.6 Å². The van der Waals surface area contributed by atoms with Crippen molar-refractivity contribution < 1.29 is 14.3 Å². The molecule has 138 valence electrons. The minimum atomic E-state index is -1.81. The number of thiocarbonyl (C=S) groups is 1. The number of hydrogen-bond acceptors (Lipinski definition) is 4. The third-order valence-corrected chi connectivity index (χ3v) is 4.55. The molecule has 10 heteroatoms. The molecule has 1 aliphatic heterocycles. The van der Waals surface area contributed by atoms with Crippen molar-refractivity contribution in [1.29, 1.82) is 0 Å². The Hall–Kier alpha value is -0.990. The van der Waals surface area contributed by atoms with E-state index < -0.39 is 15.9 Å². The maximum absolute atomic E-state index is 12.6. The van der Waals surface area contributed by atoms with Crippen molar-refractivity contribution in [1.82, 2.24) is 15.5 Å². The molecule has 0 aliphatic carbocycles. The van der Waals surface area contributed by atoms with Crippen LogP contribution in [0.2, 0.25) is 0 Å². The van der Waals surface area contributed by atoms with Crippen LogP contribution in [0.5, 0.6) is 5.75 Å². The molecule has 0 spiro atoms. The van der Waals surface area contributed by atoms with E-state index in [1.54, 1.807) is 24.3 Å². The lowest BCUT2D eigenvalue weighted by Crippen LogP contribution is -2.59. The summed E-state index contributed by atoms with van der Waals surface area (Å²) in [6.07, 6.45) is -1.02. The fourth-order valence-corrected chi connectivity index (χ4v) is 2.85. The second kappa shape index (κ2) is 9.09. The molecule has 0 bridgehead atoms. The molecule has 1 aromatic carbocycles. The zero-order chi connectivity index (χ0) is 18.4. The van der Waals surface area contributed by atoms with Gasteiger partial charge in [0.05, 0.1) is 25.9 Å². The molecular formula is C15H18Cl3N3O3S. The van der Waals surface area contributed by atoms with Crippen LogP contribution in [0.15, 0.2) is 24.3 Å². The third kappa shape index (κ3) is 5.76. The summed E-state index contributed by atoms with van der Waals surface area (Å²) < 4.78 is 8.65. The predicted molar refractivity (Wildman–Crippen MR) is 103 cm³/mol. The molecule has 2 N–H and O–H groups in total. The van der Waals surface area contributed by atoms with Crippen LogP contribution in [-0.2, 0) is 4.74 Å². The van der Waals surface area contributed by atoms with Gasteiger partial charge in [0.15, 0.2) is 5.11 Å². The molecule has 1 amide bonds. The number of carbonyl (C=O) groups is 1. The summed E-state index contributed by atoms with van der Waals surface area (Å²) in [7, 11) is 1.48. The predicted octanol–water partition coefficient (Wildman–Crippen LogP) is 2.33. The highest BCUT2D eigenvalue weighted by Gasteiger charge is 2.36. The number of halogens is 3. The first-order chi connectivity index (χ1) is 11.8. The first-order valence-electron chi connectivity index (χ1n) is 7.46. The highest BCUT2D eigenvalue weighted by Crippen LogP contribution is 2.30. The number of ether oxygens (including phenoxy) is 2. The maximum atomic E-state index is 12.6. The monoisotopic (exact) mass is 425 g/mol. The van der Waals surface area contributed by atoms with Crippen molar-refractivity contribution in [3.05, 3.63) is 29.8 Å². The largest absolute Gasteiger partial charge is 0.496 e. The molecule has 0 saturated carbocycles. The van der Waals surface area contributed by atoms with Crippen LogP contribution in [0.3, 0.4) is 0 Å². The Balaban J connectivity index is 2.09. The van der Waals surface area contributed by atoms with E-state index in [1.807, 2.05) is 4.90 Å². The van der Waals surface area contributed by atoms with Crippen LogP contribution in [0.25, 0.3) is 0 Å². The van der Waals surface area contributed by atoms with Gasteiger partial charge in [-0.25, -0.2) is 0 Å². The summed E-state index contributed by atoms with van der Waals surface area (Å²) in [5.41, 5.74) is 0.323. The van der Waals surface area contributed by atoms with Crippen LogP contribution in [0, 0.1) is 0 Å². The molecule has 1 aromatic rings. The molecule has 1 aliphatic rings. The molecule has 25 heavy (non-hydrogen) atoms. The van der Waals surface area contributed by atoms with Gasteiger partial charge in [-0.3, -0.25) is 4.79 Å². The number of morpholine rings is 1. The van der Waals surface area contributed by atoms with Crippen molar-refractivity contribution >= 4 is 58.0 Å². The van der Waals surface area contributed by atoms with Gasteiger partial charge in [0.1, 0.15) is 11.9 Å². The smallest absolute Gasteiger partial charge is 0.256 e. The summed E-state index contributed by atoms with van der Waals surface area (Å²) in [6, 6.07) is 6.76. The van der Waals surface area contributed by atoms with E-state index >= 15 is 0 Å². The minimum absolute atomic E-state index is 0.323. The molecule has 1 fully saturated rings. The van der Waals surface area contributed by atoms with Crippen molar-refractivity contribution in [2.24, 2.45) is 0 Å². The lowest BCUT2D eigenvalue weighted by atomic mass is 10.2.